The lowest BCUT2D eigenvalue weighted by molar-refractivity contribution is -0.192. The minimum Gasteiger partial charge on any atom is -0.475 e. The van der Waals surface area contributed by atoms with Crippen molar-refractivity contribution in [2.75, 3.05) is 11.4 Å². The number of anilines is 1. The largest absolute Gasteiger partial charge is 0.490 e. The number of benzene rings is 1. The summed E-state index contributed by atoms with van der Waals surface area (Å²) in [5.41, 5.74) is 7.54. The van der Waals surface area contributed by atoms with Gasteiger partial charge in [-0.05, 0) is 24.1 Å². The molecule has 2 rings (SSSR count). The van der Waals surface area contributed by atoms with E-state index in [1.807, 2.05) is 6.07 Å². The van der Waals surface area contributed by atoms with E-state index in [1.54, 1.807) is 17.0 Å². The Morgan fingerprint density at radius 3 is 2.23 bits per heavy atom. The summed E-state index contributed by atoms with van der Waals surface area (Å²) in [6.45, 7) is 2.21. The van der Waals surface area contributed by atoms with Crippen LogP contribution in [0.4, 0.5) is 18.9 Å². The first-order valence-corrected chi connectivity index (χ1v) is 6.05. The Bertz CT molecular complexity index is 614. The molecular weight excluding hydrogens is 305 g/mol. The van der Waals surface area contributed by atoms with Gasteiger partial charge >= 0.3 is 12.1 Å². The number of hydrogen-bond acceptors (Lipinski definition) is 3. The normalized spacial score (nSPS) is 13.0. The standard InChI is InChI=1S/C11H12N2O2.C2HF3O2/c1-7(14)13-5-4-8-2-3-9(11(12)15)6-10(8)13;3-2(4,5)1(6)7/h2-3,6H,4-5H2,1H3,(H2,12,15);(H,6,7). The van der Waals surface area contributed by atoms with Gasteiger partial charge in [0.15, 0.2) is 0 Å². The fourth-order valence-electron chi connectivity index (χ4n) is 1.86. The molecule has 0 unspecified atom stereocenters. The van der Waals surface area contributed by atoms with E-state index in [2.05, 4.69) is 0 Å². The second kappa shape index (κ2) is 6.46. The number of aliphatic carboxylic acids is 1. The molecule has 120 valence electrons. The van der Waals surface area contributed by atoms with E-state index in [0.29, 0.717) is 12.1 Å². The number of primary amides is 1. The SMILES string of the molecule is CC(=O)N1CCc2ccc(C(N)=O)cc21.O=C(O)C(F)(F)F. The second-order valence-corrected chi connectivity index (χ2v) is 4.43. The highest BCUT2D eigenvalue weighted by Crippen LogP contribution is 2.28. The summed E-state index contributed by atoms with van der Waals surface area (Å²) >= 11 is 0. The number of carboxylic acid groups (broad SMARTS) is 1. The van der Waals surface area contributed by atoms with Crippen molar-refractivity contribution >= 4 is 23.5 Å². The molecule has 2 amide bonds. The first kappa shape index (κ1) is 17.5. The molecule has 0 spiro atoms. The van der Waals surface area contributed by atoms with Crippen molar-refractivity contribution in [1.82, 2.24) is 0 Å². The number of carbonyl (C=O) groups excluding carboxylic acids is 2. The van der Waals surface area contributed by atoms with Gasteiger partial charge in [0.1, 0.15) is 0 Å². The van der Waals surface area contributed by atoms with Gasteiger partial charge in [0, 0.05) is 24.7 Å². The monoisotopic (exact) mass is 318 g/mol. The van der Waals surface area contributed by atoms with Gasteiger partial charge < -0.3 is 15.7 Å². The van der Waals surface area contributed by atoms with Gasteiger partial charge in [0.2, 0.25) is 11.8 Å². The van der Waals surface area contributed by atoms with Crippen LogP contribution in [0, 0.1) is 0 Å². The lowest BCUT2D eigenvalue weighted by Gasteiger charge is -2.14. The summed E-state index contributed by atoms with van der Waals surface area (Å²) < 4.78 is 31.7. The zero-order chi connectivity index (χ0) is 17.1. The predicted molar refractivity (Wildman–Crippen MR) is 70.4 cm³/mol. The minimum atomic E-state index is -5.08. The van der Waals surface area contributed by atoms with Gasteiger partial charge in [-0.25, -0.2) is 4.79 Å². The van der Waals surface area contributed by atoms with Gasteiger partial charge in [0.05, 0.1) is 0 Å². The lowest BCUT2D eigenvalue weighted by Crippen LogP contribution is -2.26. The second-order valence-electron chi connectivity index (χ2n) is 4.43. The number of carboxylic acids is 1. The predicted octanol–water partition coefficient (Wildman–Crippen LogP) is 1.33. The molecule has 3 N–H and O–H groups in total. The summed E-state index contributed by atoms with van der Waals surface area (Å²) in [5.74, 6) is -3.23. The van der Waals surface area contributed by atoms with Gasteiger partial charge in [-0.2, -0.15) is 13.2 Å². The number of halogens is 3. The third kappa shape index (κ3) is 4.21. The fraction of sp³-hybridized carbons (Fsp3) is 0.308. The van der Waals surface area contributed by atoms with Crippen LogP contribution in [-0.4, -0.2) is 35.6 Å². The molecule has 0 saturated heterocycles. The maximum absolute atomic E-state index is 11.3. The molecule has 6 nitrogen and oxygen atoms in total. The Labute approximate surface area is 123 Å². The molecular formula is C13H13F3N2O4. The molecule has 1 aromatic carbocycles. The van der Waals surface area contributed by atoms with Crippen LogP contribution < -0.4 is 10.6 Å². The highest BCUT2D eigenvalue weighted by molar-refractivity contribution is 5.98. The molecule has 0 bridgehead atoms. The molecule has 1 heterocycles. The molecule has 1 aromatic rings. The Kier molecular flexibility index (Phi) is 5.13. The van der Waals surface area contributed by atoms with Crippen molar-refractivity contribution in [3.05, 3.63) is 29.3 Å². The Morgan fingerprint density at radius 1 is 1.27 bits per heavy atom. The van der Waals surface area contributed by atoms with Gasteiger partial charge in [0.25, 0.3) is 0 Å². The molecule has 0 aliphatic carbocycles. The van der Waals surface area contributed by atoms with Crippen LogP contribution >= 0.6 is 0 Å². The van der Waals surface area contributed by atoms with E-state index < -0.39 is 18.1 Å². The number of rotatable bonds is 1. The highest BCUT2D eigenvalue weighted by atomic mass is 19.4. The minimum absolute atomic E-state index is 0.00429. The average molecular weight is 318 g/mol. The first-order valence-electron chi connectivity index (χ1n) is 6.05. The number of nitrogens with two attached hydrogens (primary N) is 1. The highest BCUT2D eigenvalue weighted by Gasteiger charge is 2.38. The number of nitrogens with zero attached hydrogens (tertiary/aromatic N) is 1. The molecule has 1 aliphatic rings. The van der Waals surface area contributed by atoms with Crippen molar-refractivity contribution in [1.29, 1.82) is 0 Å². The van der Waals surface area contributed by atoms with Crippen LogP contribution in [0.3, 0.4) is 0 Å². The molecule has 0 aromatic heterocycles. The quantitative estimate of drug-likeness (QED) is 0.815. The van der Waals surface area contributed by atoms with Crippen LogP contribution in [0.15, 0.2) is 18.2 Å². The third-order valence-electron chi connectivity index (χ3n) is 2.89. The summed E-state index contributed by atoms with van der Waals surface area (Å²) in [5, 5.41) is 7.12. The van der Waals surface area contributed by atoms with Crippen LogP contribution in [0.5, 0.6) is 0 Å². The van der Waals surface area contributed by atoms with E-state index in [4.69, 9.17) is 15.6 Å². The average Bonchev–Trinajstić information content (AvgIpc) is 2.80. The first-order chi connectivity index (χ1) is 10.0. The van der Waals surface area contributed by atoms with E-state index in [1.165, 1.54) is 6.92 Å². The van der Waals surface area contributed by atoms with Crippen LogP contribution in [-0.2, 0) is 16.0 Å². The summed E-state index contributed by atoms with van der Waals surface area (Å²) in [7, 11) is 0. The molecule has 0 saturated carbocycles. The van der Waals surface area contributed by atoms with E-state index >= 15 is 0 Å². The van der Waals surface area contributed by atoms with Gasteiger partial charge in [-0.15, -0.1) is 0 Å². The molecule has 9 heteroatoms. The summed E-state index contributed by atoms with van der Waals surface area (Å²) in [6.07, 6.45) is -4.24. The Hall–Kier alpha value is -2.58. The maximum Gasteiger partial charge on any atom is 0.490 e. The van der Waals surface area contributed by atoms with Crippen LogP contribution in [0.25, 0.3) is 0 Å². The van der Waals surface area contributed by atoms with Gasteiger partial charge in [-0.1, -0.05) is 6.07 Å². The van der Waals surface area contributed by atoms with Crippen molar-refractivity contribution < 1.29 is 32.7 Å². The van der Waals surface area contributed by atoms with E-state index in [9.17, 15) is 22.8 Å². The summed E-state index contributed by atoms with van der Waals surface area (Å²) in [4.78, 5) is 32.9. The number of hydrogen-bond donors (Lipinski definition) is 2. The Morgan fingerprint density at radius 2 is 1.82 bits per heavy atom. The molecule has 0 atom stereocenters. The smallest absolute Gasteiger partial charge is 0.475 e. The lowest BCUT2D eigenvalue weighted by atomic mass is 10.1. The maximum atomic E-state index is 11.3. The molecule has 1 aliphatic heterocycles. The number of alkyl halides is 3. The third-order valence-corrected chi connectivity index (χ3v) is 2.89. The van der Waals surface area contributed by atoms with E-state index in [0.717, 1.165) is 17.7 Å². The topological polar surface area (TPSA) is 101 Å². The van der Waals surface area contributed by atoms with Crippen LogP contribution in [0.2, 0.25) is 0 Å². The van der Waals surface area contributed by atoms with Crippen molar-refractivity contribution in [2.24, 2.45) is 5.73 Å². The molecule has 0 radical (unpaired) electrons. The number of fused-ring (bicyclic) bond motifs is 1. The van der Waals surface area contributed by atoms with Crippen LogP contribution in [0.1, 0.15) is 22.8 Å². The zero-order valence-electron chi connectivity index (χ0n) is 11.5. The van der Waals surface area contributed by atoms with Gasteiger partial charge in [-0.3, -0.25) is 9.59 Å². The van der Waals surface area contributed by atoms with Crippen molar-refractivity contribution in [2.45, 2.75) is 19.5 Å². The van der Waals surface area contributed by atoms with E-state index in [-0.39, 0.29) is 5.91 Å². The summed E-state index contributed by atoms with van der Waals surface area (Å²) in [6, 6.07) is 5.25. The number of carbonyl (C=O) groups is 3. The molecule has 0 fully saturated rings. The zero-order valence-corrected chi connectivity index (χ0v) is 11.5. The van der Waals surface area contributed by atoms with Crippen molar-refractivity contribution in [3.8, 4) is 0 Å². The number of amides is 2. The Balaban J connectivity index is 0.000000295. The van der Waals surface area contributed by atoms with Crippen molar-refractivity contribution in [3.63, 3.8) is 0 Å². The molecule has 22 heavy (non-hydrogen) atoms. The fourth-order valence-corrected chi connectivity index (χ4v) is 1.86.